The van der Waals surface area contributed by atoms with Crippen LogP contribution in [0.2, 0.25) is 25.7 Å². The van der Waals surface area contributed by atoms with Crippen molar-refractivity contribution in [3.8, 4) is 22.0 Å². The van der Waals surface area contributed by atoms with Crippen molar-refractivity contribution in [2.24, 2.45) is 0 Å². The monoisotopic (exact) mass is 516 g/mol. The molecule has 4 aromatic rings. The molecule has 0 unspecified atom stereocenters. The molecule has 4 aromatic heterocycles. The number of rotatable bonds is 8. The highest BCUT2D eigenvalue weighted by Gasteiger charge is 2.20. The molecule has 0 spiro atoms. The Bertz CT molecular complexity index is 1460. The van der Waals surface area contributed by atoms with Gasteiger partial charge in [-0.15, -0.1) is 0 Å². The van der Waals surface area contributed by atoms with Gasteiger partial charge in [0.1, 0.15) is 23.9 Å². The lowest BCUT2D eigenvalue weighted by molar-refractivity contribution is 0.0899. The van der Waals surface area contributed by atoms with Crippen molar-refractivity contribution < 1.29 is 13.2 Å². The molecule has 0 saturated carbocycles. The van der Waals surface area contributed by atoms with E-state index in [0.717, 1.165) is 39.5 Å². The third-order valence-corrected chi connectivity index (χ3v) is 8.63. The summed E-state index contributed by atoms with van der Waals surface area (Å²) in [5, 5.41) is 1.39. The van der Waals surface area contributed by atoms with E-state index in [-0.39, 0.29) is 5.16 Å². The summed E-state index contributed by atoms with van der Waals surface area (Å²) in [6, 6.07) is 4.92. The first-order valence-corrected chi connectivity index (χ1v) is 17.2. The van der Waals surface area contributed by atoms with Gasteiger partial charge < -0.3 is 9.30 Å². The van der Waals surface area contributed by atoms with Gasteiger partial charge in [0.2, 0.25) is 15.0 Å². The summed E-state index contributed by atoms with van der Waals surface area (Å²) < 4.78 is 36.4. The maximum absolute atomic E-state index is 12.1. The standard InChI is InChI=1S/C22H28N6O3S2Si/c1-14-11-23-22(33(3,29)30)26-19(14)17-12-28(13-31-9-10-34(4,5)6)20-16(17)7-8-18(25-20)21-24-15(2)27-32-21/h7-8,11-12H,9-10,13H2,1-6H3. The molecule has 34 heavy (non-hydrogen) atoms. The summed E-state index contributed by atoms with van der Waals surface area (Å²) >= 11 is 1.30. The molecule has 0 radical (unpaired) electrons. The lowest BCUT2D eigenvalue weighted by Gasteiger charge is -2.15. The van der Waals surface area contributed by atoms with Crippen molar-refractivity contribution in [1.29, 1.82) is 0 Å². The van der Waals surface area contributed by atoms with Gasteiger partial charge in [0, 0.05) is 44.3 Å². The maximum atomic E-state index is 12.1. The fourth-order valence-corrected chi connectivity index (χ4v) is 5.29. The first kappa shape index (κ1) is 24.6. The van der Waals surface area contributed by atoms with Gasteiger partial charge in [0.25, 0.3) is 0 Å². The van der Waals surface area contributed by atoms with Gasteiger partial charge in [-0.1, -0.05) is 19.6 Å². The van der Waals surface area contributed by atoms with Gasteiger partial charge in [-0.05, 0) is 49.1 Å². The van der Waals surface area contributed by atoms with E-state index in [4.69, 9.17) is 9.72 Å². The van der Waals surface area contributed by atoms with Crippen LogP contribution < -0.4 is 0 Å². The molecule has 0 aliphatic rings. The zero-order valence-electron chi connectivity index (χ0n) is 20.2. The predicted octanol–water partition coefficient (Wildman–Crippen LogP) is 4.34. The van der Waals surface area contributed by atoms with Gasteiger partial charge in [0.05, 0.1) is 5.69 Å². The van der Waals surface area contributed by atoms with Crippen molar-refractivity contribution in [3.05, 3.63) is 35.9 Å². The second kappa shape index (κ2) is 9.25. The van der Waals surface area contributed by atoms with E-state index in [1.54, 1.807) is 0 Å². The fourth-order valence-electron chi connectivity index (χ4n) is 3.39. The Labute approximate surface area is 204 Å². The Morgan fingerprint density at radius 2 is 1.88 bits per heavy atom. The minimum absolute atomic E-state index is 0.200. The summed E-state index contributed by atoms with van der Waals surface area (Å²) in [5.74, 6) is 0.706. The Balaban J connectivity index is 1.81. The highest BCUT2D eigenvalue weighted by molar-refractivity contribution is 7.90. The van der Waals surface area contributed by atoms with Gasteiger partial charge in [-0.25, -0.2) is 28.4 Å². The van der Waals surface area contributed by atoms with Crippen LogP contribution in [0.3, 0.4) is 0 Å². The van der Waals surface area contributed by atoms with Crippen LogP contribution >= 0.6 is 11.5 Å². The summed E-state index contributed by atoms with van der Waals surface area (Å²) in [4.78, 5) is 17.7. The maximum Gasteiger partial charge on any atom is 0.247 e. The van der Waals surface area contributed by atoms with Gasteiger partial charge >= 0.3 is 0 Å². The number of hydrogen-bond donors (Lipinski definition) is 0. The highest BCUT2D eigenvalue weighted by Crippen LogP contribution is 2.33. The van der Waals surface area contributed by atoms with Crippen molar-refractivity contribution >= 4 is 40.5 Å². The van der Waals surface area contributed by atoms with Crippen LogP contribution in [-0.2, 0) is 21.3 Å². The Hall–Kier alpha value is -2.54. The molecule has 0 bridgehead atoms. The van der Waals surface area contributed by atoms with Gasteiger partial charge in [-0.3, -0.25) is 0 Å². The predicted molar refractivity (Wildman–Crippen MR) is 136 cm³/mol. The summed E-state index contributed by atoms with van der Waals surface area (Å²) in [6.07, 6.45) is 4.57. The quantitative estimate of drug-likeness (QED) is 0.193. The normalized spacial score (nSPS) is 12.5. The van der Waals surface area contributed by atoms with Crippen molar-refractivity contribution in [1.82, 2.24) is 28.9 Å². The van der Waals surface area contributed by atoms with Crippen molar-refractivity contribution in [3.63, 3.8) is 0 Å². The number of hydrogen-bond acceptors (Lipinski definition) is 9. The average Bonchev–Trinajstić information content (AvgIpc) is 3.33. The van der Waals surface area contributed by atoms with Crippen molar-refractivity contribution in [2.45, 2.75) is 51.4 Å². The van der Waals surface area contributed by atoms with Crippen LogP contribution in [-0.4, -0.2) is 58.2 Å². The van der Waals surface area contributed by atoms with E-state index in [0.29, 0.717) is 30.5 Å². The largest absolute Gasteiger partial charge is 0.361 e. The summed E-state index contributed by atoms with van der Waals surface area (Å²) in [6.45, 7) is 11.7. The zero-order chi connectivity index (χ0) is 24.7. The van der Waals surface area contributed by atoms with E-state index in [1.807, 2.05) is 36.7 Å². The molecule has 0 aromatic carbocycles. The van der Waals surface area contributed by atoms with Crippen LogP contribution in [0, 0.1) is 13.8 Å². The first-order valence-electron chi connectivity index (χ1n) is 10.8. The zero-order valence-corrected chi connectivity index (χ0v) is 22.8. The molecule has 0 saturated heterocycles. The Morgan fingerprint density at radius 1 is 1.12 bits per heavy atom. The lowest BCUT2D eigenvalue weighted by atomic mass is 10.1. The fraction of sp³-hybridized carbons (Fsp3) is 0.409. The van der Waals surface area contributed by atoms with Crippen molar-refractivity contribution in [2.75, 3.05) is 12.9 Å². The number of nitrogens with zero attached hydrogens (tertiary/aromatic N) is 6. The second-order valence-corrected chi connectivity index (χ2v) is 17.8. The van der Waals surface area contributed by atoms with Crippen LogP contribution in [0.1, 0.15) is 11.4 Å². The molecule has 0 atom stereocenters. The van der Waals surface area contributed by atoms with E-state index >= 15 is 0 Å². The number of pyridine rings is 1. The molecule has 4 heterocycles. The number of fused-ring (bicyclic) bond motifs is 1. The van der Waals surface area contributed by atoms with Crippen LogP contribution in [0.5, 0.6) is 0 Å². The third-order valence-electron chi connectivity index (χ3n) is 5.23. The molecule has 0 amide bonds. The summed E-state index contributed by atoms with van der Waals surface area (Å²) in [7, 11) is -4.76. The molecule has 0 N–H and O–H groups in total. The smallest absolute Gasteiger partial charge is 0.247 e. The topological polar surface area (TPSA) is 113 Å². The minimum atomic E-state index is -3.55. The molecule has 12 heteroatoms. The molecule has 0 aliphatic carbocycles. The average molecular weight is 517 g/mol. The molecule has 9 nitrogen and oxygen atoms in total. The van der Waals surface area contributed by atoms with E-state index in [2.05, 4.69) is 39.0 Å². The number of ether oxygens (including phenoxy) is 1. The summed E-state index contributed by atoms with van der Waals surface area (Å²) in [5.41, 5.74) is 3.55. The number of aryl methyl sites for hydroxylation is 2. The van der Waals surface area contributed by atoms with E-state index in [9.17, 15) is 8.42 Å². The van der Waals surface area contributed by atoms with Crippen LogP contribution in [0.4, 0.5) is 0 Å². The Morgan fingerprint density at radius 3 is 2.53 bits per heavy atom. The number of sulfone groups is 1. The molecular weight excluding hydrogens is 489 g/mol. The Kier molecular flexibility index (Phi) is 6.69. The molecule has 0 aliphatic heterocycles. The SMILES string of the molecule is Cc1nsc(-c2ccc3c(-c4nc(S(C)(=O)=O)ncc4C)cn(COCC[Si](C)(C)C)c3n2)n1. The lowest BCUT2D eigenvalue weighted by Crippen LogP contribution is -2.22. The molecule has 4 rings (SSSR count). The second-order valence-electron chi connectivity index (χ2n) is 9.53. The highest BCUT2D eigenvalue weighted by atomic mass is 32.2. The molecule has 180 valence electrons. The van der Waals surface area contributed by atoms with Crippen LogP contribution in [0.25, 0.3) is 33.0 Å². The van der Waals surface area contributed by atoms with E-state index in [1.165, 1.54) is 17.7 Å². The van der Waals surface area contributed by atoms with Crippen LogP contribution in [0.15, 0.2) is 29.7 Å². The number of aromatic nitrogens is 6. The van der Waals surface area contributed by atoms with Gasteiger partial charge in [-0.2, -0.15) is 4.37 Å². The van der Waals surface area contributed by atoms with Gasteiger partial charge in [0.15, 0.2) is 5.01 Å². The minimum Gasteiger partial charge on any atom is -0.361 e. The molecule has 0 fully saturated rings. The molecular formula is C22H28N6O3S2Si. The first-order chi connectivity index (χ1) is 15.9. The third kappa shape index (κ3) is 5.40. The van der Waals surface area contributed by atoms with E-state index < -0.39 is 17.9 Å².